The molecule has 0 spiro atoms. The summed E-state index contributed by atoms with van der Waals surface area (Å²) >= 11 is 0. The number of carbonyl (C=O) groups is 1. The molecule has 0 aromatic carbocycles. The number of ether oxygens (including phenoxy) is 2. The largest absolute Gasteiger partial charge is 0.472 e. The number of phosphoric acid groups is 1. The highest BCUT2D eigenvalue weighted by Gasteiger charge is 2.27. The molecule has 0 aromatic heterocycles. The number of hydrogen-bond acceptors (Lipinski definition) is 8. The fraction of sp³-hybridized carbons (Fsp3) is 0.738. The zero-order chi connectivity index (χ0) is 38.7. The molecule has 0 bridgehead atoms. The average Bonchev–Trinajstić information content (AvgIpc) is 3.08. The first-order valence-electron chi connectivity index (χ1n) is 19.9. The fourth-order valence-electron chi connectivity index (χ4n) is 6.24. The lowest BCUT2D eigenvalue weighted by atomic mass is 9.72. The van der Waals surface area contributed by atoms with Crippen LogP contribution in [0, 0.1) is 5.41 Å². The minimum atomic E-state index is -4.57. The van der Waals surface area contributed by atoms with E-state index in [1.165, 1.54) is 101 Å². The van der Waals surface area contributed by atoms with Gasteiger partial charge in [-0.2, -0.15) is 0 Å². The van der Waals surface area contributed by atoms with Crippen LogP contribution in [0.2, 0.25) is 0 Å². The van der Waals surface area contributed by atoms with Crippen LogP contribution in [0.5, 0.6) is 0 Å². The lowest BCUT2D eigenvalue weighted by Gasteiger charge is -2.32. The van der Waals surface area contributed by atoms with Gasteiger partial charge in [-0.25, -0.2) is 9.36 Å². The Bertz CT molecular complexity index is 1180. The first kappa shape index (κ1) is 48.2. The molecule has 1 aliphatic rings. The summed E-state index contributed by atoms with van der Waals surface area (Å²) in [5.41, 5.74) is 4.79. The third-order valence-electron chi connectivity index (χ3n) is 9.41. The van der Waals surface area contributed by atoms with Crippen LogP contribution >= 0.6 is 7.82 Å². The summed E-state index contributed by atoms with van der Waals surface area (Å²) < 4.78 is 33.4. The molecule has 0 saturated carbocycles. The molecule has 10 heteroatoms. The molecule has 1 unspecified atom stereocenters. The number of aliphatic hydroxyl groups is 2. The molecule has 3 atom stereocenters. The zero-order valence-corrected chi connectivity index (χ0v) is 34.3. The van der Waals surface area contributed by atoms with E-state index in [2.05, 4.69) is 39.8 Å². The summed E-state index contributed by atoms with van der Waals surface area (Å²) in [6.07, 6.45) is 30.3. The predicted molar refractivity (Wildman–Crippen MR) is 212 cm³/mol. The Morgan fingerprint density at radius 3 is 2.02 bits per heavy atom. The fourth-order valence-corrected chi connectivity index (χ4v) is 7.03. The lowest BCUT2D eigenvalue weighted by molar-refractivity contribution is -0.148. The summed E-state index contributed by atoms with van der Waals surface area (Å²) in [6.45, 7) is 11.7. The second kappa shape index (κ2) is 28.6. The first-order chi connectivity index (χ1) is 24.8. The number of aliphatic hydroxyl groups excluding tert-OH is 2. The number of allylic oxidation sites excluding steroid dienone is 9. The second-order valence-electron chi connectivity index (χ2n) is 15.0. The van der Waals surface area contributed by atoms with E-state index in [0.29, 0.717) is 12.2 Å². The minimum absolute atomic E-state index is 0.0207. The van der Waals surface area contributed by atoms with E-state index in [1.807, 2.05) is 25.2 Å². The Morgan fingerprint density at radius 2 is 1.44 bits per heavy atom. The van der Waals surface area contributed by atoms with Crippen LogP contribution in [-0.4, -0.2) is 66.3 Å². The molecule has 0 fully saturated rings. The third-order valence-corrected chi connectivity index (χ3v) is 10.4. The van der Waals surface area contributed by atoms with E-state index >= 15 is 0 Å². The van der Waals surface area contributed by atoms with Crippen molar-refractivity contribution in [3.8, 4) is 0 Å². The molecule has 0 heterocycles. The highest BCUT2D eigenvalue weighted by Crippen LogP contribution is 2.43. The lowest BCUT2D eigenvalue weighted by Crippen LogP contribution is -2.28. The van der Waals surface area contributed by atoms with Gasteiger partial charge in [-0.3, -0.25) is 9.05 Å². The molecule has 0 amide bonds. The molecule has 3 N–H and O–H groups in total. The van der Waals surface area contributed by atoms with Gasteiger partial charge < -0.3 is 24.6 Å². The second-order valence-corrected chi connectivity index (χ2v) is 16.5. The number of unbranched alkanes of at least 4 members (excludes halogenated alkanes) is 13. The van der Waals surface area contributed by atoms with E-state index in [0.717, 1.165) is 31.3 Å². The number of carbonyl (C=O) groups excluding carboxylic acids is 1. The van der Waals surface area contributed by atoms with Gasteiger partial charge in [-0.05, 0) is 63.0 Å². The van der Waals surface area contributed by atoms with Gasteiger partial charge in [-0.15, -0.1) is 0 Å². The van der Waals surface area contributed by atoms with Crippen molar-refractivity contribution in [1.82, 2.24) is 0 Å². The maximum Gasteiger partial charge on any atom is 0.472 e. The van der Waals surface area contributed by atoms with Gasteiger partial charge in [0, 0.05) is 12.7 Å². The van der Waals surface area contributed by atoms with Crippen LogP contribution < -0.4 is 0 Å². The van der Waals surface area contributed by atoms with Crippen molar-refractivity contribution in [3.63, 3.8) is 0 Å². The van der Waals surface area contributed by atoms with Crippen LogP contribution in [0.25, 0.3) is 0 Å². The molecule has 0 radical (unpaired) electrons. The van der Waals surface area contributed by atoms with Gasteiger partial charge in [-0.1, -0.05) is 146 Å². The molecule has 0 aromatic rings. The van der Waals surface area contributed by atoms with Gasteiger partial charge in [0.1, 0.15) is 12.2 Å². The van der Waals surface area contributed by atoms with Gasteiger partial charge in [0.05, 0.1) is 26.4 Å². The first-order valence-corrected chi connectivity index (χ1v) is 21.4. The van der Waals surface area contributed by atoms with Crippen molar-refractivity contribution >= 4 is 13.8 Å². The molecular formula is C42H73O9P. The minimum Gasteiger partial charge on any atom is -0.454 e. The molecule has 52 heavy (non-hydrogen) atoms. The predicted octanol–water partition coefficient (Wildman–Crippen LogP) is 10.4. The van der Waals surface area contributed by atoms with Crippen molar-refractivity contribution < 1.29 is 43.0 Å². The average molecular weight is 753 g/mol. The van der Waals surface area contributed by atoms with Gasteiger partial charge in [0.25, 0.3) is 0 Å². The molecule has 300 valence electrons. The summed E-state index contributed by atoms with van der Waals surface area (Å²) in [5.74, 6) is -0.636. The normalized spacial score (nSPS) is 17.9. The van der Waals surface area contributed by atoms with Crippen molar-refractivity contribution in [2.75, 3.05) is 33.0 Å². The number of rotatable bonds is 30. The zero-order valence-electron chi connectivity index (χ0n) is 33.4. The summed E-state index contributed by atoms with van der Waals surface area (Å²) in [6, 6.07) is 0. The molecule has 9 nitrogen and oxygen atoms in total. The van der Waals surface area contributed by atoms with Crippen LogP contribution in [-0.2, 0) is 27.9 Å². The number of esters is 1. The Morgan fingerprint density at radius 1 is 0.865 bits per heavy atom. The number of phosphoric ester groups is 1. The Labute approximate surface area is 316 Å². The summed E-state index contributed by atoms with van der Waals surface area (Å²) in [5, 5.41) is 18.4. The van der Waals surface area contributed by atoms with E-state index in [1.54, 1.807) is 6.92 Å². The van der Waals surface area contributed by atoms with Crippen molar-refractivity contribution in [3.05, 3.63) is 58.7 Å². The van der Waals surface area contributed by atoms with E-state index < -0.39 is 45.8 Å². The van der Waals surface area contributed by atoms with Crippen LogP contribution in [0.4, 0.5) is 0 Å². The Kier molecular flexibility index (Phi) is 26.5. The van der Waals surface area contributed by atoms with Gasteiger partial charge >= 0.3 is 13.8 Å². The quantitative estimate of drug-likeness (QED) is 0.0216. The topological polar surface area (TPSA) is 132 Å². The van der Waals surface area contributed by atoms with E-state index in [-0.39, 0.29) is 12.0 Å². The number of hydrogen-bond donors (Lipinski definition) is 3. The monoisotopic (exact) mass is 752 g/mol. The van der Waals surface area contributed by atoms with Crippen LogP contribution in [0.1, 0.15) is 151 Å². The molecule has 0 aliphatic heterocycles. The summed E-state index contributed by atoms with van der Waals surface area (Å²) in [4.78, 5) is 22.8. The summed E-state index contributed by atoms with van der Waals surface area (Å²) in [7, 11) is -4.57. The molecule has 1 aliphatic carbocycles. The Balaban J connectivity index is 2.57. The highest BCUT2D eigenvalue weighted by atomic mass is 31.2. The van der Waals surface area contributed by atoms with Crippen molar-refractivity contribution in [1.29, 1.82) is 0 Å². The van der Waals surface area contributed by atoms with Crippen LogP contribution in [0.15, 0.2) is 58.7 Å². The standard InChI is InChI=1S/C42H73O9P/c1-7-8-9-10-11-12-13-14-15-16-17-18-19-20-29-48-33-39(34-50-52(46,47)49-32-38(44)31-43)51-41(45)30-36(3)24-21-23-35(2)26-27-40-37(4)25-22-28-42(40,5)6/h21,23-24,26-27,30,38-39,43-44H,7-20,22,25,28-29,31-34H2,1-6H3,(H,46,47)/b24-21+,27-26+,35-23+,36-30+/t38-,39+/m0/s1. The Hall–Kier alpha value is -1.84. The highest BCUT2D eigenvalue weighted by molar-refractivity contribution is 7.47. The maximum absolute atomic E-state index is 12.8. The maximum atomic E-state index is 12.8. The molecule has 0 saturated heterocycles. The van der Waals surface area contributed by atoms with Gasteiger partial charge in [0.2, 0.25) is 0 Å². The van der Waals surface area contributed by atoms with E-state index in [4.69, 9.17) is 23.6 Å². The molecule has 1 rings (SSSR count). The van der Waals surface area contributed by atoms with Crippen molar-refractivity contribution in [2.24, 2.45) is 5.41 Å². The van der Waals surface area contributed by atoms with E-state index in [9.17, 15) is 19.4 Å². The third kappa shape index (κ3) is 24.5. The smallest absolute Gasteiger partial charge is 0.454 e. The van der Waals surface area contributed by atoms with Gasteiger partial charge in [0.15, 0.2) is 0 Å². The van der Waals surface area contributed by atoms with Crippen molar-refractivity contribution in [2.45, 2.75) is 163 Å². The SMILES string of the molecule is CCCCCCCCCCCCCCCCOC[C@H](COP(=O)(O)OC[C@@H](O)CO)OC(=O)/C=C(C)/C=C/C=C(C)/C=C/C1=C(C)CCCC1(C)C. The molecular weight excluding hydrogens is 679 g/mol. The van der Waals surface area contributed by atoms with Crippen LogP contribution in [0.3, 0.4) is 0 Å².